The summed E-state index contributed by atoms with van der Waals surface area (Å²) in [4.78, 5) is 3.08. The van der Waals surface area contributed by atoms with E-state index in [0.717, 1.165) is 0 Å². The highest BCUT2D eigenvalue weighted by atomic mass is 79.9. The summed E-state index contributed by atoms with van der Waals surface area (Å²) in [5, 5.41) is 0. The van der Waals surface area contributed by atoms with Crippen LogP contribution in [0, 0.1) is 17.6 Å². The van der Waals surface area contributed by atoms with Crippen LogP contribution in [0.5, 0.6) is 23.1 Å². The zero-order chi connectivity index (χ0) is 14.3. The van der Waals surface area contributed by atoms with Crippen LogP contribution in [0.25, 0.3) is 0 Å². The van der Waals surface area contributed by atoms with E-state index in [-0.39, 0.29) is 12.5 Å². The number of aromatic nitrogens is 1. The van der Waals surface area contributed by atoms with E-state index < -0.39 is 27.9 Å². The zero-order valence-electron chi connectivity index (χ0n) is 9.62. The van der Waals surface area contributed by atoms with Gasteiger partial charge in [0.05, 0.1) is 4.47 Å². The predicted octanol–water partition coefficient (Wildman–Crippen LogP) is 3.78. The Labute approximate surface area is 119 Å². The minimum absolute atomic E-state index is 0.0715. The van der Waals surface area contributed by atoms with E-state index >= 15 is 0 Å². The van der Waals surface area contributed by atoms with Gasteiger partial charge in [0.25, 0.3) is 11.8 Å². The van der Waals surface area contributed by atoms with Crippen LogP contribution < -0.4 is 14.2 Å². The third kappa shape index (κ3) is 2.15. The molecule has 0 aliphatic carbocycles. The number of nitrogens with zero attached hydrogens (tertiary/aromatic N) is 1. The topological polar surface area (TPSA) is 40.6 Å². The lowest BCUT2D eigenvalue weighted by Crippen LogP contribution is -2.00. The predicted molar refractivity (Wildman–Crippen MR) is 64.5 cm³/mol. The molecule has 1 aromatic heterocycles. The fourth-order valence-corrected chi connectivity index (χ4v) is 1.92. The molecule has 1 aliphatic heterocycles. The first-order valence-electron chi connectivity index (χ1n) is 5.34. The number of fused-ring (bicyclic) bond motifs is 1. The van der Waals surface area contributed by atoms with Gasteiger partial charge in [0.2, 0.25) is 12.6 Å². The number of hydrogen-bond acceptors (Lipinski definition) is 4. The highest BCUT2D eigenvalue weighted by molar-refractivity contribution is 9.10. The second-order valence-electron chi connectivity index (χ2n) is 3.77. The minimum Gasteiger partial charge on any atom is -0.454 e. The summed E-state index contributed by atoms with van der Waals surface area (Å²) in [7, 11) is 0. The molecule has 0 bridgehead atoms. The maximum atomic E-state index is 13.7. The molecule has 4 nitrogen and oxygen atoms in total. The van der Waals surface area contributed by atoms with Crippen LogP contribution in [0.1, 0.15) is 0 Å². The highest BCUT2D eigenvalue weighted by Crippen LogP contribution is 2.37. The molecule has 0 radical (unpaired) electrons. The van der Waals surface area contributed by atoms with Gasteiger partial charge in [-0.1, -0.05) is 0 Å². The van der Waals surface area contributed by atoms with E-state index in [2.05, 4.69) is 20.9 Å². The molecule has 8 heteroatoms. The molecule has 104 valence electrons. The normalized spacial score (nSPS) is 12.6. The summed E-state index contributed by atoms with van der Waals surface area (Å²) in [6.45, 7) is 0.0715. The van der Waals surface area contributed by atoms with E-state index in [0.29, 0.717) is 11.5 Å². The Kier molecular flexibility index (Phi) is 3.17. The van der Waals surface area contributed by atoms with Gasteiger partial charge >= 0.3 is 0 Å². The van der Waals surface area contributed by atoms with E-state index in [4.69, 9.17) is 14.2 Å². The molecular weight excluding hydrogens is 343 g/mol. The number of ether oxygens (including phenoxy) is 3. The van der Waals surface area contributed by atoms with Crippen LogP contribution in [0.2, 0.25) is 0 Å². The molecule has 2 aromatic rings. The number of rotatable bonds is 2. The molecule has 1 aromatic carbocycles. The quantitative estimate of drug-likeness (QED) is 0.775. The first-order valence-corrected chi connectivity index (χ1v) is 6.13. The van der Waals surface area contributed by atoms with Crippen molar-refractivity contribution in [3.05, 3.63) is 40.3 Å². The Balaban J connectivity index is 1.96. The van der Waals surface area contributed by atoms with Crippen LogP contribution in [-0.4, -0.2) is 11.8 Å². The Morgan fingerprint density at radius 2 is 1.85 bits per heavy atom. The van der Waals surface area contributed by atoms with Gasteiger partial charge in [-0.05, 0) is 28.1 Å². The van der Waals surface area contributed by atoms with E-state index in [1.54, 1.807) is 6.07 Å². The molecule has 0 N–H and O–H groups in total. The smallest absolute Gasteiger partial charge is 0.260 e. The fraction of sp³-hybridized carbons (Fsp3) is 0.0833. The molecule has 3 rings (SSSR count). The van der Waals surface area contributed by atoms with Crippen LogP contribution in [0.3, 0.4) is 0 Å². The Hall–Kier alpha value is -1.96. The van der Waals surface area contributed by atoms with Crippen molar-refractivity contribution in [2.24, 2.45) is 0 Å². The molecule has 0 saturated heterocycles. The molecule has 0 spiro atoms. The van der Waals surface area contributed by atoms with Crippen molar-refractivity contribution >= 4 is 15.9 Å². The number of halogens is 4. The molecule has 0 unspecified atom stereocenters. The first-order chi connectivity index (χ1) is 9.56. The summed E-state index contributed by atoms with van der Waals surface area (Å²) < 4.78 is 54.5. The van der Waals surface area contributed by atoms with Gasteiger partial charge in [0.15, 0.2) is 17.3 Å². The van der Waals surface area contributed by atoms with Crippen molar-refractivity contribution in [2.45, 2.75) is 0 Å². The van der Waals surface area contributed by atoms with Gasteiger partial charge < -0.3 is 14.2 Å². The zero-order valence-corrected chi connectivity index (χ0v) is 11.2. The van der Waals surface area contributed by atoms with E-state index in [1.165, 1.54) is 12.1 Å². The third-order valence-corrected chi connectivity index (χ3v) is 3.21. The maximum absolute atomic E-state index is 13.7. The van der Waals surface area contributed by atoms with Crippen LogP contribution in [-0.2, 0) is 0 Å². The van der Waals surface area contributed by atoms with Crippen molar-refractivity contribution in [1.82, 2.24) is 4.98 Å². The number of benzene rings is 1. The lowest BCUT2D eigenvalue weighted by molar-refractivity contribution is 0.174. The van der Waals surface area contributed by atoms with E-state index in [9.17, 15) is 13.2 Å². The van der Waals surface area contributed by atoms with Gasteiger partial charge in [-0.3, -0.25) is 0 Å². The summed E-state index contributed by atoms with van der Waals surface area (Å²) >= 11 is 2.59. The van der Waals surface area contributed by atoms with Gasteiger partial charge in [-0.25, -0.2) is 4.39 Å². The molecular formula is C12H5BrF3NO3. The van der Waals surface area contributed by atoms with Crippen LogP contribution >= 0.6 is 15.9 Å². The standard InChI is InChI=1S/C12H5BrF3NO3/c13-8-9(14)11(16)17-12(10(8)15)20-5-1-2-6-7(3-5)19-4-18-6/h1-3H,4H2. The van der Waals surface area contributed by atoms with Crippen LogP contribution in [0.15, 0.2) is 22.7 Å². The van der Waals surface area contributed by atoms with Gasteiger partial charge in [0, 0.05) is 6.07 Å². The summed E-state index contributed by atoms with van der Waals surface area (Å²) in [5.41, 5.74) is 0. The van der Waals surface area contributed by atoms with Gasteiger partial charge in [-0.2, -0.15) is 13.8 Å². The first kappa shape index (κ1) is 13.0. The van der Waals surface area contributed by atoms with E-state index in [1.807, 2.05) is 0 Å². The summed E-state index contributed by atoms with van der Waals surface area (Å²) in [5.74, 6) is -3.63. The molecule has 2 heterocycles. The van der Waals surface area contributed by atoms with Crippen molar-refractivity contribution in [1.29, 1.82) is 0 Å². The van der Waals surface area contributed by atoms with Crippen LogP contribution in [0.4, 0.5) is 13.2 Å². The molecule has 0 amide bonds. The molecule has 1 aliphatic rings. The SMILES string of the molecule is Fc1nc(Oc2ccc3c(c2)OCO3)c(F)c(Br)c1F. The van der Waals surface area contributed by atoms with Gasteiger partial charge in [-0.15, -0.1) is 0 Å². The molecule has 0 saturated carbocycles. The average Bonchev–Trinajstić information content (AvgIpc) is 2.90. The Morgan fingerprint density at radius 1 is 1.10 bits per heavy atom. The monoisotopic (exact) mass is 347 g/mol. The van der Waals surface area contributed by atoms with Gasteiger partial charge in [0.1, 0.15) is 5.75 Å². The average molecular weight is 348 g/mol. The lowest BCUT2D eigenvalue weighted by Gasteiger charge is -2.08. The third-order valence-electron chi connectivity index (χ3n) is 2.51. The van der Waals surface area contributed by atoms with Crippen molar-refractivity contribution in [3.63, 3.8) is 0 Å². The minimum atomic E-state index is -1.46. The van der Waals surface area contributed by atoms with Crippen molar-refractivity contribution in [3.8, 4) is 23.1 Å². The highest BCUT2D eigenvalue weighted by Gasteiger charge is 2.21. The van der Waals surface area contributed by atoms with Crippen molar-refractivity contribution < 1.29 is 27.4 Å². The number of hydrogen-bond donors (Lipinski definition) is 0. The second kappa shape index (κ2) is 4.86. The Bertz CT molecular complexity index is 696. The number of pyridine rings is 1. The lowest BCUT2D eigenvalue weighted by atomic mass is 10.3. The molecule has 0 fully saturated rings. The maximum Gasteiger partial charge on any atom is 0.260 e. The molecule has 20 heavy (non-hydrogen) atoms. The largest absolute Gasteiger partial charge is 0.454 e. The molecule has 0 atom stereocenters. The Morgan fingerprint density at radius 3 is 2.65 bits per heavy atom. The second-order valence-corrected chi connectivity index (χ2v) is 4.56. The van der Waals surface area contributed by atoms with Crippen molar-refractivity contribution in [2.75, 3.05) is 6.79 Å². The summed E-state index contributed by atoms with van der Waals surface area (Å²) in [6, 6.07) is 4.44. The summed E-state index contributed by atoms with van der Waals surface area (Å²) in [6.07, 6.45) is 0. The fourth-order valence-electron chi connectivity index (χ4n) is 1.59.